The molecule has 0 bridgehead atoms. The number of aryl methyl sites for hydroxylation is 2. The summed E-state index contributed by atoms with van der Waals surface area (Å²) in [6, 6.07) is 2.72. The van der Waals surface area contributed by atoms with E-state index in [4.69, 9.17) is 9.52 Å². The molecule has 0 radical (unpaired) electrons. The van der Waals surface area contributed by atoms with Crippen LogP contribution in [0.15, 0.2) is 22.7 Å². The first-order valence-corrected chi connectivity index (χ1v) is 5.88. The summed E-state index contributed by atoms with van der Waals surface area (Å²) in [4.78, 5) is 30.6. The van der Waals surface area contributed by atoms with Crippen molar-refractivity contribution in [2.24, 2.45) is 0 Å². The lowest BCUT2D eigenvalue weighted by Gasteiger charge is -2.05. The van der Waals surface area contributed by atoms with Crippen molar-refractivity contribution in [2.45, 2.75) is 20.4 Å². The maximum Gasteiger partial charge on any atom is 0.337 e. The number of carbonyl (C=O) groups is 2. The number of amides is 1. The zero-order valence-electron chi connectivity index (χ0n) is 11.0. The van der Waals surface area contributed by atoms with Crippen LogP contribution < -0.4 is 5.32 Å². The minimum atomic E-state index is -1.07. The fraction of sp³-hybridized carbons (Fsp3) is 0.231. The molecular formula is C13H13N3O4. The summed E-state index contributed by atoms with van der Waals surface area (Å²) in [5.74, 6) is -0.429. The molecule has 2 rings (SSSR count). The van der Waals surface area contributed by atoms with E-state index in [1.54, 1.807) is 13.1 Å². The largest absolute Gasteiger partial charge is 0.478 e. The van der Waals surface area contributed by atoms with Crippen molar-refractivity contribution >= 4 is 11.9 Å². The van der Waals surface area contributed by atoms with Crippen molar-refractivity contribution in [3.63, 3.8) is 0 Å². The second-order valence-electron chi connectivity index (χ2n) is 4.18. The fourth-order valence-corrected chi connectivity index (χ4v) is 1.64. The topological polar surface area (TPSA) is 105 Å². The molecule has 0 unspecified atom stereocenters. The molecule has 0 aliphatic rings. The Hall–Kier alpha value is -2.70. The highest BCUT2D eigenvalue weighted by Gasteiger charge is 2.13. The maximum absolute atomic E-state index is 11.9. The maximum atomic E-state index is 11.9. The van der Waals surface area contributed by atoms with Crippen LogP contribution in [0.5, 0.6) is 0 Å². The molecule has 20 heavy (non-hydrogen) atoms. The number of carbonyl (C=O) groups excluding carboxylic acids is 1. The van der Waals surface area contributed by atoms with Gasteiger partial charge in [-0.2, -0.15) is 0 Å². The molecule has 2 aromatic rings. The minimum Gasteiger partial charge on any atom is -0.478 e. The van der Waals surface area contributed by atoms with E-state index in [0.717, 1.165) is 0 Å². The number of aromatic carboxylic acids is 1. The number of carboxylic acids is 1. The van der Waals surface area contributed by atoms with Crippen LogP contribution in [-0.2, 0) is 6.54 Å². The van der Waals surface area contributed by atoms with Gasteiger partial charge in [0.1, 0.15) is 11.5 Å². The third-order valence-electron chi connectivity index (χ3n) is 2.62. The van der Waals surface area contributed by atoms with Gasteiger partial charge in [0.05, 0.1) is 24.0 Å². The van der Waals surface area contributed by atoms with Gasteiger partial charge in [-0.15, -0.1) is 0 Å². The summed E-state index contributed by atoms with van der Waals surface area (Å²) < 4.78 is 5.22. The van der Waals surface area contributed by atoms with Crippen LogP contribution in [-0.4, -0.2) is 27.0 Å². The molecule has 0 atom stereocenters. The molecule has 2 aromatic heterocycles. The van der Waals surface area contributed by atoms with Crippen LogP contribution in [0, 0.1) is 13.8 Å². The van der Waals surface area contributed by atoms with Crippen molar-refractivity contribution < 1.29 is 19.1 Å². The Morgan fingerprint density at radius 3 is 2.65 bits per heavy atom. The number of oxazole rings is 1. The van der Waals surface area contributed by atoms with Gasteiger partial charge in [0.15, 0.2) is 0 Å². The predicted molar refractivity (Wildman–Crippen MR) is 68.3 cm³/mol. The first-order valence-electron chi connectivity index (χ1n) is 5.88. The standard InChI is InChI=1S/C13H13N3O4/c1-7-5-14-11(20-7)6-15-12(17)10-4-3-9(13(18)19)8(2)16-10/h3-5H,6H2,1-2H3,(H,15,17)(H,18,19). The van der Waals surface area contributed by atoms with Crippen LogP contribution in [0.25, 0.3) is 0 Å². The molecular weight excluding hydrogens is 262 g/mol. The molecule has 0 saturated carbocycles. The zero-order valence-corrected chi connectivity index (χ0v) is 11.0. The molecule has 1 amide bonds. The van der Waals surface area contributed by atoms with Crippen LogP contribution in [0.4, 0.5) is 0 Å². The number of nitrogens with one attached hydrogen (secondary N) is 1. The molecule has 104 valence electrons. The van der Waals surface area contributed by atoms with E-state index < -0.39 is 11.9 Å². The summed E-state index contributed by atoms with van der Waals surface area (Å²) in [5, 5.41) is 11.5. The monoisotopic (exact) mass is 275 g/mol. The summed E-state index contributed by atoms with van der Waals surface area (Å²) in [6.07, 6.45) is 1.56. The first-order chi connectivity index (χ1) is 9.47. The lowest BCUT2D eigenvalue weighted by molar-refractivity contribution is 0.0694. The summed E-state index contributed by atoms with van der Waals surface area (Å²) in [7, 11) is 0. The average molecular weight is 275 g/mol. The predicted octanol–water partition coefficient (Wildman–Crippen LogP) is 1.31. The molecule has 7 heteroatoms. The first kappa shape index (κ1) is 13.7. The van der Waals surface area contributed by atoms with Crippen molar-refractivity contribution in [3.8, 4) is 0 Å². The third-order valence-corrected chi connectivity index (χ3v) is 2.62. The molecule has 0 aromatic carbocycles. The van der Waals surface area contributed by atoms with Gasteiger partial charge in [0.25, 0.3) is 5.91 Å². The van der Waals surface area contributed by atoms with Gasteiger partial charge in [-0.05, 0) is 26.0 Å². The van der Waals surface area contributed by atoms with E-state index in [0.29, 0.717) is 11.7 Å². The molecule has 2 heterocycles. The van der Waals surface area contributed by atoms with Gasteiger partial charge in [-0.25, -0.2) is 14.8 Å². The Morgan fingerprint density at radius 1 is 1.35 bits per heavy atom. The molecule has 0 fully saturated rings. The molecule has 0 saturated heterocycles. The number of aromatic nitrogens is 2. The fourth-order valence-electron chi connectivity index (χ4n) is 1.64. The number of carboxylic acid groups (broad SMARTS) is 1. The van der Waals surface area contributed by atoms with Gasteiger partial charge < -0.3 is 14.8 Å². The van der Waals surface area contributed by atoms with E-state index in [1.165, 1.54) is 19.1 Å². The third kappa shape index (κ3) is 3.00. The highest BCUT2D eigenvalue weighted by atomic mass is 16.4. The van der Waals surface area contributed by atoms with Gasteiger partial charge in [-0.3, -0.25) is 4.79 Å². The molecule has 0 spiro atoms. The van der Waals surface area contributed by atoms with Crippen LogP contribution in [0.1, 0.15) is 38.2 Å². The number of hydrogen-bond acceptors (Lipinski definition) is 5. The summed E-state index contributed by atoms with van der Waals surface area (Å²) in [6.45, 7) is 3.44. The SMILES string of the molecule is Cc1cnc(CNC(=O)c2ccc(C(=O)O)c(C)n2)o1. The van der Waals surface area contributed by atoms with Gasteiger partial charge in [-0.1, -0.05) is 0 Å². The van der Waals surface area contributed by atoms with Gasteiger partial charge in [0, 0.05) is 0 Å². The summed E-state index contributed by atoms with van der Waals surface area (Å²) in [5.41, 5.74) is 0.512. The van der Waals surface area contributed by atoms with E-state index in [1.807, 2.05) is 0 Å². The van der Waals surface area contributed by atoms with E-state index >= 15 is 0 Å². The Morgan fingerprint density at radius 2 is 2.10 bits per heavy atom. The highest BCUT2D eigenvalue weighted by Crippen LogP contribution is 2.07. The van der Waals surface area contributed by atoms with Gasteiger partial charge >= 0.3 is 5.97 Å². The van der Waals surface area contributed by atoms with E-state index in [-0.39, 0.29) is 23.5 Å². The Balaban J connectivity index is 2.06. The normalized spacial score (nSPS) is 10.3. The zero-order chi connectivity index (χ0) is 14.7. The second kappa shape index (κ2) is 5.52. The molecule has 0 aliphatic carbocycles. The quantitative estimate of drug-likeness (QED) is 0.871. The van der Waals surface area contributed by atoms with Crippen molar-refractivity contribution in [1.29, 1.82) is 0 Å². The molecule has 7 nitrogen and oxygen atoms in total. The number of rotatable bonds is 4. The van der Waals surface area contributed by atoms with E-state index in [2.05, 4.69) is 15.3 Å². The smallest absolute Gasteiger partial charge is 0.337 e. The van der Waals surface area contributed by atoms with Crippen molar-refractivity contribution in [1.82, 2.24) is 15.3 Å². The number of hydrogen-bond donors (Lipinski definition) is 2. The van der Waals surface area contributed by atoms with Crippen molar-refractivity contribution in [2.75, 3.05) is 0 Å². The van der Waals surface area contributed by atoms with E-state index in [9.17, 15) is 9.59 Å². The Bertz CT molecular complexity index is 663. The van der Waals surface area contributed by atoms with Crippen molar-refractivity contribution in [3.05, 3.63) is 46.9 Å². The molecule has 2 N–H and O–H groups in total. The lowest BCUT2D eigenvalue weighted by atomic mass is 10.2. The molecule has 0 aliphatic heterocycles. The summed E-state index contributed by atoms with van der Waals surface area (Å²) >= 11 is 0. The number of pyridine rings is 1. The van der Waals surface area contributed by atoms with Gasteiger partial charge in [0.2, 0.25) is 5.89 Å². The minimum absolute atomic E-state index is 0.0740. The average Bonchev–Trinajstić information content (AvgIpc) is 2.81. The van der Waals surface area contributed by atoms with Crippen LogP contribution in [0.3, 0.4) is 0 Å². The highest BCUT2D eigenvalue weighted by molar-refractivity contribution is 5.94. The second-order valence-corrected chi connectivity index (χ2v) is 4.18. The van der Waals surface area contributed by atoms with Crippen LogP contribution in [0.2, 0.25) is 0 Å². The van der Waals surface area contributed by atoms with Crippen LogP contribution >= 0.6 is 0 Å². The Kier molecular flexibility index (Phi) is 3.79. The Labute approximate surface area is 114 Å². The number of nitrogens with zero attached hydrogens (tertiary/aromatic N) is 2. The lowest BCUT2D eigenvalue weighted by Crippen LogP contribution is -2.24.